The summed E-state index contributed by atoms with van der Waals surface area (Å²) < 4.78 is 36.6. The van der Waals surface area contributed by atoms with Crippen molar-refractivity contribution >= 4 is 27.6 Å². The second-order valence-electron chi connectivity index (χ2n) is 7.61. The minimum atomic E-state index is -3.89. The first kappa shape index (κ1) is 21.2. The van der Waals surface area contributed by atoms with Crippen molar-refractivity contribution in [1.82, 2.24) is 25.3 Å². The first-order valence-corrected chi connectivity index (χ1v) is 10.9. The topological polar surface area (TPSA) is 166 Å². The molecule has 0 fully saturated rings. The zero-order valence-electron chi connectivity index (χ0n) is 17.2. The number of amidine groups is 1. The van der Waals surface area contributed by atoms with Crippen molar-refractivity contribution in [2.75, 3.05) is 11.3 Å². The van der Waals surface area contributed by atoms with E-state index in [1.165, 1.54) is 17.1 Å². The molecule has 0 atom stereocenters. The van der Waals surface area contributed by atoms with Crippen molar-refractivity contribution in [2.24, 2.45) is 10.1 Å². The van der Waals surface area contributed by atoms with Crippen molar-refractivity contribution in [2.45, 2.75) is 19.4 Å². The summed E-state index contributed by atoms with van der Waals surface area (Å²) in [6, 6.07) is 8.02. The summed E-state index contributed by atoms with van der Waals surface area (Å²) in [7, 11) is -3.89. The Labute approximate surface area is 183 Å². The third-order valence-corrected chi connectivity index (χ3v) is 5.36. The van der Waals surface area contributed by atoms with Crippen LogP contribution in [-0.4, -0.2) is 52.3 Å². The Balaban J connectivity index is 1.47. The average molecular weight is 456 g/mol. The van der Waals surface area contributed by atoms with E-state index in [4.69, 9.17) is 10.5 Å². The van der Waals surface area contributed by atoms with Crippen LogP contribution in [0.25, 0.3) is 5.82 Å². The Morgan fingerprint density at radius 3 is 2.84 bits per heavy atom. The molecule has 13 heteroatoms. The SMILES string of the molecule is CC(C)(COc1cccc2c1C(N)=NS(=O)(=O)N2)NC(=O)c1ccnc(-n2ccnn2)c1. The van der Waals surface area contributed by atoms with Gasteiger partial charge in [0.25, 0.3) is 5.91 Å². The summed E-state index contributed by atoms with van der Waals surface area (Å²) in [4.78, 5) is 17.0. The quantitative estimate of drug-likeness (QED) is 0.485. The average Bonchev–Trinajstić information content (AvgIpc) is 3.26. The zero-order chi connectivity index (χ0) is 22.9. The summed E-state index contributed by atoms with van der Waals surface area (Å²) in [5.41, 5.74) is 6.06. The van der Waals surface area contributed by atoms with Gasteiger partial charge in [0.15, 0.2) is 11.7 Å². The fraction of sp³-hybridized carbons (Fsp3) is 0.211. The van der Waals surface area contributed by atoms with E-state index in [-0.39, 0.29) is 24.0 Å². The minimum absolute atomic E-state index is 0.0796. The molecule has 0 radical (unpaired) electrons. The maximum absolute atomic E-state index is 12.8. The van der Waals surface area contributed by atoms with Crippen LogP contribution in [0, 0.1) is 0 Å². The lowest BCUT2D eigenvalue weighted by molar-refractivity contribution is 0.0880. The van der Waals surface area contributed by atoms with Crippen LogP contribution in [-0.2, 0) is 10.2 Å². The number of amides is 1. The van der Waals surface area contributed by atoms with Crippen molar-refractivity contribution in [3.05, 3.63) is 60.0 Å². The summed E-state index contributed by atoms with van der Waals surface area (Å²) in [5, 5.41) is 10.5. The number of carbonyl (C=O) groups is 1. The van der Waals surface area contributed by atoms with E-state index in [1.54, 1.807) is 50.4 Å². The molecule has 1 amide bonds. The van der Waals surface area contributed by atoms with Gasteiger partial charge in [0, 0.05) is 11.8 Å². The highest BCUT2D eigenvalue weighted by molar-refractivity contribution is 7.91. The molecule has 12 nitrogen and oxygen atoms in total. The number of fused-ring (bicyclic) bond motifs is 1. The van der Waals surface area contributed by atoms with Crippen molar-refractivity contribution in [3.63, 3.8) is 0 Å². The highest BCUT2D eigenvalue weighted by atomic mass is 32.2. The van der Waals surface area contributed by atoms with E-state index in [2.05, 4.69) is 29.7 Å². The number of nitrogens with zero attached hydrogens (tertiary/aromatic N) is 5. The Morgan fingerprint density at radius 2 is 2.09 bits per heavy atom. The molecule has 1 aliphatic heterocycles. The predicted octanol–water partition coefficient (Wildman–Crippen LogP) is 0.625. The van der Waals surface area contributed by atoms with Crippen molar-refractivity contribution < 1.29 is 17.9 Å². The van der Waals surface area contributed by atoms with Gasteiger partial charge < -0.3 is 15.8 Å². The summed E-state index contributed by atoms with van der Waals surface area (Å²) in [6.07, 6.45) is 4.64. The highest BCUT2D eigenvalue weighted by Crippen LogP contribution is 2.30. The molecule has 0 aliphatic carbocycles. The molecule has 1 aliphatic rings. The third-order valence-electron chi connectivity index (χ3n) is 4.45. The number of ether oxygens (including phenoxy) is 1. The molecule has 0 saturated carbocycles. The van der Waals surface area contributed by atoms with Crippen LogP contribution >= 0.6 is 0 Å². The number of hydrogen-bond acceptors (Lipinski definition) is 8. The van der Waals surface area contributed by atoms with Crippen molar-refractivity contribution in [3.8, 4) is 11.6 Å². The van der Waals surface area contributed by atoms with Gasteiger partial charge in [-0.05, 0) is 38.1 Å². The van der Waals surface area contributed by atoms with Crippen molar-refractivity contribution in [1.29, 1.82) is 0 Å². The number of aromatic nitrogens is 4. The molecule has 4 N–H and O–H groups in total. The molecule has 32 heavy (non-hydrogen) atoms. The smallest absolute Gasteiger partial charge is 0.344 e. The molecule has 0 spiro atoms. The van der Waals surface area contributed by atoms with Gasteiger partial charge in [0.05, 0.1) is 29.2 Å². The summed E-state index contributed by atoms with van der Waals surface area (Å²) >= 11 is 0. The Morgan fingerprint density at radius 1 is 1.28 bits per heavy atom. The Bertz CT molecular complexity index is 1300. The van der Waals surface area contributed by atoms with Crippen LogP contribution in [0.5, 0.6) is 5.75 Å². The van der Waals surface area contributed by atoms with Gasteiger partial charge in [-0.15, -0.1) is 9.50 Å². The number of benzene rings is 1. The molecule has 3 aromatic rings. The minimum Gasteiger partial charge on any atom is -0.490 e. The van der Waals surface area contributed by atoms with E-state index in [1.807, 2.05) is 0 Å². The summed E-state index contributed by atoms with van der Waals surface area (Å²) in [5.74, 6) is 0.295. The first-order chi connectivity index (χ1) is 15.1. The first-order valence-electron chi connectivity index (χ1n) is 9.43. The van der Waals surface area contributed by atoms with Gasteiger partial charge in [0.2, 0.25) is 0 Å². The second-order valence-corrected chi connectivity index (χ2v) is 8.95. The second kappa shape index (κ2) is 7.92. The van der Waals surface area contributed by atoms with Gasteiger partial charge in [-0.1, -0.05) is 11.3 Å². The van der Waals surface area contributed by atoms with Gasteiger partial charge in [0.1, 0.15) is 12.4 Å². The van der Waals surface area contributed by atoms with Gasteiger partial charge >= 0.3 is 10.2 Å². The lowest BCUT2D eigenvalue weighted by Crippen LogP contribution is -2.48. The molecular formula is C19H20N8O4S. The molecule has 2 aromatic heterocycles. The highest BCUT2D eigenvalue weighted by Gasteiger charge is 2.27. The van der Waals surface area contributed by atoms with Gasteiger partial charge in [-0.2, -0.15) is 8.42 Å². The molecule has 166 valence electrons. The molecular weight excluding hydrogens is 436 g/mol. The lowest BCUT2D eigenvalue weighted by Gasteiger charge is -2.27. The standard InChI is InChI=1S/C19H20N8O4S/c1-19(2,23-18(28)12-6-7-21-15(10-12)27-9-8-22-26-27)11-31-14-5-3-4-13-16(14)17(20)25-32(29,30)24-13/h3-10,24H,11H2,1-2H3,(H2,20,25)(H,23,28). The molecule has 0 saturated heterocycles. The predicted molar refractivity (Wildman–Crippen MR) is 116 cm³/mol. The normalized spacial score (nSPS) is 14.6. The fourth-order valence-electron chi connectivity index (χ4n) is 3.03. The van der Waals surface area contributed by atoms with E-state index in [0.29, 0.717) is 22.7 Å². The third kappa shape index (κ3) is 4.51. The number of anilines is 1. The number of nitrogens with one attached hydrogen (secondary N) is 2. The van der Waals surface area contributed by atoms with Crippen LogP contribution in [0.1, 0.15) is 29.8 Å². The van der Waals surface area contributed by atoms with E-state index in [0.717, 1.165) is 0 Å². The largest absolute Gasteiger partial charge is 0.490 e. The van der Waals surface area contributed by atoms with Crippen LogP contribution in [0.2, 0.25) is 0 Å². The zero-order valence-corrected chi connectivity index (χ0v) is 18.0. The Kier molecular flexibility index (Phi) is 5.26. The van der Waals surface area contributed by atoms with Gasteiger partial charge in [-0.25, -0.2) is 9.67 Å². The number of rotatable bonds is 6. The number of carbonyl (C=O) groups excluding carboxylic acids is 1. The monoisotopic (exact) mass is 456 g/mol. The van der Waals surface area contributed by atoms with E-state index >= 15 is 0 Å². The maximum atomic E-state index is 12.8. The van der Waals surface area contributed by atoms with Crippen LogP contribution in [0.3, 0.4) is 0 Å². The number of nitrogens with two attached hydrogens (primary N) is 1. The molecule has 0 unspecified atom stereocenters. The lowest BCUT2D eigenvalue weighted by atomic mass is 10.1. The van der Waals surface area contributed by atoms with Crippen LogP contribution < -0.4 is 20.5 Å². The molecule has 4 rings (SSSR count). The molecule has 3 heterocycles. The van der Waals surface area contributed by atoms with E-state index < -0.39 is 15.7 Å². The van der Waals surface area contributed by atoms with Gasteiger partial charge in [-0.3, -0.25) is 9.52 Å². The molecule has 1 aromatic carbocycles. The summed E-state index contributed by atoms with van der Waals surface area (Å²) in [6.45, 7) is 3.66. The molecule has 0 bridgehead atoms. The maximum Gasteiger partial charge on any atom is 0.344 e. The fourth-order valence-corrected chi connectivity index (χ4v) is 3.87. The number of hydrogen-bond donors (Lipinski definition) is 3. The van der Waals surface area contributed by atoms with E-state index in [9.17, 15) is 13.2 Å². The Hall–Kier alpha value is -4.00. The van der Waals surface area contributed by atoms with Crippen LogP contribution in [0.15, 0.2) is 53.3 Å². The van der Waals surface area contributed by atoms with Crippen LogP contribution in [0.4, 0.5) is 5.69 Å². The number of pyridine rings is 1.